The second-order valence-corrected chi connectivity index (χ2v) is 7.48. The van der Waals surface area contributed by atoms with Crippen molar-refractivity contribution >= 4 is 17.0 Å². The largest absolute Gasteiger partial charge is 0.339 e. The maximum atomic E-state index is 12.6. The molecular weight excluding hydrogens is 326 g/mol. The van der Waals surface area contributed by atoms with Gasteiger partial charge in [-0.3, -0.25) is 9.78 Å². The van der Waals surface area contributed by atoms with Crippen LogP contribution in [0.5, 0.6) is 0 Å². The summed E-state index contributed by atoms with van der Waals surface area (Å²) < 4.78 is 1.74. The first-order valence-corrected chi connectivity index (χ1v) is 9.43. The van der Waals surface area contributed by atoms with Crippen LogP contribution in [-0.4, -0.2) is 32.3 Å². The molecule has 1 N–H and O–H groups in total. The minimum atomic E-state index is -0.123. The van der Waals surface area contributed by atoms with Gasteiger partial charge in [0.1, 0.15) is 5.39 Å². The quantitative estimate of drug-likeness (QED) is 0.764. The molecule has 3 heterocycles. The van der Waals surface area contributed by atoms with Crippen LogP contribution < -0.4 is 10.5 Å². The van der Waals surface area contributed by atoms with Gasteiger partial charge in [-0.2, -0.15) is 10.1 Å². The van der Waals surface area contributed by atoms with Crippen LogP contribution >= 0.6 is 0 Å². The predicted molar refractivity (Wildman–Crippen MR) is 104 cm³/mol. The molecule has 1 aliphatic rings. The van der Waals surface area contributed by atoms with Crippen LogP contribution in [0, 0.1) is 5.92 Å². The Morgan fingerprint density at radius 2 is 2.08 bits per heavy atom. The van der Waals surface area contributed by atoms with E-state index in [4.69, 9.17) is 4.98 Å². The van der Waals surface area contributed by atoms with Crippen molar-refractivity contribution in [2.24, 2.45) is 5.92 Å². The molecule has 1 atom stereocenters. The molecule has 0 aliphatic carbocycles. The van der Waals surface area contributed by atoms with Gasteiger partial charge in [-0.15, -0.1) is 0 Å². The van der Waals surface area contributed by atoms with Gasteiger partial charge < -0.3 is 4.90 Å². The van der Waals surface area contributed by atoms with E-state index in [-0.39, 0.29) is 5.56 Å². The first kappa shape index (κ1) is 16.8. The Morgan fingerprint density at radius 3 is 2.85 bits per heavy atom. The van der Waals surface area contributed by atoms with Gasteiger partial charge >= 0.3 is 0 Å². The number of benzene rings is 1. The van der Waals surface area contributed by atoms with Crippen LogP contribution in [0.4, 0.5) is 5.95 Å². The van der Waals surface area contributed by atoms with Crippen LogP contribution in [0.1, 0.15) is 39.5 Å². The van der Waals surface area contributed by atoms with Crippen molar-refractivity contribution < 1.29 is 0 Å². The number of nitrogens with zero attached hydrogens (tertiary/aromatic N) is 4. The lowest BCUT2D eigenvalue weighted by molar-refractivity contribution is 0.492. The molecule has 3 aromatic rings. The normalized spacial score (nSPS) is 17.5. The molecule has 1 fully saturated rings. The highest BCUT2D eigenvalue weighted by molar-refractivity contribution is 5.76. The van der Waals surface area contributed by atoms with Crippen LogP contribution in [-0.2, 0) is 0 Å². The number of fused-ring (bicyclic) bond motifs is 1. The maximum absolute atomic E-state index is 12.6. The van der Waals surface area contributed by atoms with Gasteiger partial charge in [0.25, 0.3) is 5.56 Å². The molecule has 0 saturated carbocycles. The summed E-state index contributed by atoms with van der Waals surface area (Å²) in [6, 6.07) is 10.3. The minimum absolute atomic E-state index is 0.123. The highest BCUT2D eigenvalue weighted by Crippen LogP contribution is 2.27. The van der Waals surface area contributed by atoms with Crippen molar-refractivity contribution in [3.8, 4) is 5.69 Å². The van der Waals surface area contributed by atoms with Gasteiger partial charge in [-0.05, 0) is 43.7 Å². The fourth-order valence-corrected chi connectivity index (χ4v) is 3.74. The molecule has 26 heavy (non-hydrogen) atoms. The number of rotatable bonds is 5. The molecule has 6 heteroatoms. The summed E-state index contributed by atoms with van der Waals surface area (Å²) in [6.45, 7) is 5.45. The van der Waals surface area contributed by atoms with Crippen molar-refractivity contribution in [2.45, 2.75) is 45.6 Å². The van der Waals surface area contributed by atoms with Crippen LogP contribution in [0.2, 0.25) is 0 Å². The van der Waals surface area contributed by atoms with E-state index in [2.05, 4.69) is 28.8 Å². The number of hydrogen-bond acceptors (Lipinski definition) is 4. The molecule has 1 aromatic carbocycles. The SMILES string of the molecule is CC(C)CCC1CCCN1c1nc2c(cnn2-c2ccccc2)c(=O)[nH]1. The molecule has 1 unspecified atom stereocenters. The smallest absolute Gasteiger partial charge is 0.263 e. The van der Waals surface area contributed by atoms with Gasteiger partial charge in [-0.25, -0.2) is 4.68 Å². The van der Waals surface area contributed by atoms with Crippen LogP contribution in [0.3, 0.4) is 0 Å². The summed E-state index contributed by atoms with van der Waals surface area (Å²) in [4.78, 5) is 22.7. The molecular formula is C20H25N5O. The first-order chi connectivity index (χ1) is 12.6. The van der Waals surface area contributed by atoms with Crippen LogP contribution in [0.15, 0.2) is 41.3 Å². The van der Waals surface area contributed by atoms with Crippen molar-refractivity contribution in [3.05, 3.63) is 46.9 Å². The van der Waals surface area contributed by atoms with Crippen molar-refractivity contribution in [1.82, 2.24) is 19.7 Å². The van der Waals surface area contributed by atoms with Gasteiger partial charge in [0.2, 0.25) is 5.95 Å². The Labute approximate surface area is 152 Å². The van der Waals surface area contributed by atoms with E-state index in [1.807, 2.05) is 30.3 Å². The number of nitrogens with one attached hydrogen (secondary N) is 1. The molecule has 0 spiro atoms. The second-order valence-electron chi connectivity index (χ2n) is 7.48. The Hall–Kier alpha value is -2.63. The fourth-order valence-electron chi connectivity index (χ4n) is 3.74. The van der Waals surface area contributed by atoms with Gasteiger partial charge in [0.05, 0.1) is 11.9 Å². The molecule has 6 nitrogen and oxygen atoms in total. The van der Waals surface area contributed by atoms with Gasteiger partial charge in [-0.1, -0.05) is 32.0 Å². The zero-order chi connectivity index (χ0) is 18.1. The summed E-state index contributed by atoms with van der Waals surface area (Å²) in [5.74, 6) is 1.36. The number of hydrogen-bond donors (Lipinski definition) is 1. The average Bonchev–Trinajstić information content (AvgIpc) is 3.27. The summed E-state index contributed by atoms with van der Waals surface area (Å²) in [5.41, 5.74) is 1.40. The van der Waals surface area contributed by atoms with Crippen molar-refractivity contribution in [1.29, 1.82) is 0 Å². The average molecular weight is 351 g/mol. The second kappa shape index (κ2) is 6.94. The van der Waals surface area contributed by atoms with E-state index in [1.165, 1.54) is 6.42 Å². The van der Waals surface area contributed by atoms with E-state index in [0.717, 1.165) is 31.5 Å². The van der Waals surface area contributed by atoms with E-state index in [9.17, 15) is 4.79 Å². The van der Waals surface area contributed by atoms with E-state index >= 15 is 0 Å². The van der Waals surface area contributed by atoms with Crippen molar-refractivity contribution in [2.75, 3.05) is 11.4 Å². The molecule has 136 valence electrons. The summed E-state index contributed by atoms with van der Waals surface area (Å²) in [7, 11) is 0. The lowest BCUT2D eigenvalue weighted by Gasteiger charge is -2.25. The molecule has 0 amide bonds. The molecule has 4 rings (SSSR count). The summed E-state index contributed by atoms with van der Waals surface area (Å²) in [5, 5.41) is 4.91. The summed E-state index contributed by atoms with van der Waals surface area (Å²) >= 11 is 0. The Balaban J connectivity index is 1.73. The minimum Gasteiger partial charge on any atom is -0.339 e. The standard InChI is InChI=1S/C20H25N5O/c1-14(2)10-11-15-9-6-12-24(15)20-22-18-17(19(26)23-20)13-21-25(18)16-7-4-3-5-8-16/h3-5,7-8,13-15H,6,9-12H2,1-2H3,(H,22,23,26). The summed E-state index contributed by atoms with van der Waals surface area (Å²) in [6.07, 6.45) is 6.22. The first-order valence-electron chi connectivity index (χ1n) is 9.43. The molecule has 1 aliphatic heterocycles. The molecule has 0 bridgehead atoms. The lowest BCUT2D eigenvalue weighted by Crippen LogP contribution is -2.32. The third kappa shape index (κ3) is 3.11. The van der Waals surface area contributed by atoms with E-state index in [1.54, 1.807) is 10.9 Å². The highest BCUT2D eigenvalue weighted by atomic mass is 16.1. The third-order valence-electron chi connectivity index (χ3n) is 5.15. The van der Waals surface area contributed by atoms with Crippen molar-refractivity contribution in [3.63, 3.8) is 0 Å². The number of aromatic nitrogens is 4. The Bertz CT molecular complexity index is 944. The van der Waals surface area contributed by atoms with E-state index in [0.29, 0.717) is 28.9 Å². The lowest BCUT2D eigenvalue weighted by atomic mass is 10.0. The van der Waals surface area contributed by atoms with E-state index < -0.39 is 0 Å². The number of para-hydroxylation sites is 1. The molecule has 1 saturated heterocycles. The fraction of sp³-hybridized carbons (Fsp3) is 0.450. The van der Waals surface area contributed by atoms with Crippen LogP contribution in [0.25, 0.3) is 16.7 Å². The predicted octanol–water partition coefficient (Wildman–Crippen LogP) is 3.51. The number of aromatic amines is 1. The topological polar surface area (TPSA) is 66.8 Å². The Kier molecular flexibility index (Phi) is 4.49. The highest BCUT2D eigenvalue weighted by Gasteiger charge is 2.27. The monoisotopic (exact) mass is 351 g/mol. The molecule has 0 radical (unpaired) electrons. The van der Waals surface area contributed by atoms with Gasteiger partial charge in [0.15, 0.2) is 5.65 Å². The third-order valence-corrected chi connectivity index (χ3v) is 5.15. The van der Waals surface area contributed by atoms with Gasteiger partial charge in [0, 0.05) is 12.6 Å². The number of anilines is 1. The zero-order valence-corrected chi connectivity index (χ0v) is 15.4. The molecule has 2 aromatic heterocycles. The maximum Gasteiger partial charge on any atom is 0.263 e. The zero-order valence-electron chi connectivity index (χ0n) is 15.4. The Morgan fingerprint density at radius 1 is 1.27 bits per heavy atom. The number of H-pyrrole nitrogens is 1.